The summed E-state index contributed by atoms with van der Waals surface area (Å²) in [5.41, 5.74) is 2.40. The number of nitrogens with zero attached hydrogens (tertiary/aromatic N) is 3. The van der Waals surface area contributed by atoms with Gasteiger partial charge in [-0.25, -0.2) is 9.50 Å². The molecule has 0 aliphatic carbocycles. The van der Waals surface area contributed by atoms with Gasteiger partial charge in [0.1, 0.15) is 0 Å². The molecule has 1 aliphatic heterocycles. The number of hydrogen-bond donors (Lipinski definition) is 1. The number of rotatable bonds is 1. The lowest BCUT2D eigenvalue weighted by molar-refractivity contribution is -0.140. The molecule has 124 valence electrons. The Morgan fingerprint density at radius 1 is 1.35 bits per heavy atom. The lowest BCUT2D eigenvalue weighted by atomic mass is 9.94. The molecule has 0 unspecified atom stereocenters. The Kier molecular flexibility index (Phi) is 3.58. The number of H-pyrrole nitrogens is 1. The van der Waals surface area contributed by atoms with Gasteiger partial charge in [0.25, 0.3) is 5.56 Å². The molecule has 2 aromatic rings. The van der Waals surface area contributed by atoms with Crippen LogP contribution in [0.4, 0.5) is 0 Å². The van der Waals surface area contributed by atoms with Gasteiger partial charge in [-0.05, 0) is 26.7 Å². The summed E-state index contributed by atoms with van der Waals surface area (Å²) in [6, 6.07) is 1.88. The average Bonchev–Trinajstić information content (AvgIpc) is 3.09. The van der Waals surface area contributed by atoms with Gasteiger partial charge in [0.2, 0.25) is 5.91 Å². The zero-order chi connectivity index (χ0) is 16.9. The standard InChI is InChI=1S/C17H24N4O2/c1-10-11(2)18-14-9-12(19-21(14)15(10)22)13-7-6-8-20(13)16(23)17(3,4)5/h9,13,19H,6-8H2,1-5H3/t13-/m0/s1. The molecule has 0 radical (unpaired) electrons. The fourth-order valence-electron chi connectivity index (χ4n) is 3.17. The molecule has 1 amide bonds. The number of likely N-dealkylation sites (tertiary alicyclic amines) is 1. The van der Waals surface area contributed by atoms with Gasteiger partial charge in [0, 0.05) is 29.3 Å². The number of nitrogens with one attached hydrogen (secondary N) is 1. The Morgan fingerprint density at radius 2 is 2.04 bits per heavy atom. The average molecular weight is 316 g/mol. The van der Waals surface area contributed by atoms with E-state index in [0.717, 1.165) is 30.8 Å². The van der Waals surface area contributed by atoms with E-state index in [1.807, 2.05) is 38.7 Å². The van der Waals surface area contributed by atoms with Gasteiger partial charge < -0.3 is 4.90 Å². The predicted octanol–water partition coefficient (Wildman–Crippen LogP) is 2.35. The van der Waals surface area contributed by atoms with Crippen LogP contribution in [0.2, 0.25) is 0 Å². The molecular formula is C17H24N4O2. The molecule has 1 fully saturated rings. The first-order valence-corrected chi connectivity index (χ1v) is 8.10. The van der Waals surface area contributed by atoms with Gasteiger partial charge in [-0.2, -0.15) is 0 Å². The van der Waals surface area contributed by atoms with Crippen molar-refractivity contribution in [3.05, 3.63) is 33.4 Å². The molecule has 1 aliphatic rings. The van der Waals surface area contributed by atoms with Gasteiger partial charge in [0.15, 0.2) is 5.65 Å². The van der Waals surface area contributed by atoms with Crippen molar-refractivity contribution in [3.8, 4) is 0 Å². The summed E-state index contributed by atoms with van der Waals surface area (Å²) in [6.07, 6.45) is 1.88. The summed E-state index contributed by atoms with van der Waals surface area (Å²) >= 11 is 0. The van der Waals surface area contributed by atoms with E-state index in [4.69, 9.17) is 0 Å². The lowest BCUT2D eigenvalue weighted by Crippen LogP contribution is -2.39. The maximum Gasteiger partial charge on any atom is 0.275 e. The number of aromatic nitrogens is 3. The Morgan fingerprint density at radius 3 is 2.70 bits per heavy atom. The van der Waals surface area contributed by atoms with Gasteiger partial charge in [0.05, 0.1) is 11.7 Å². The van der Waals surface area contributed by atoms with E-state index in [1.54, 1.807) is 6.92 Å². The highest BCUT2D eigenvalue weighted by Gasteiger charge is 2.36. The van der Waals surface area contributed by atoms with Crippen molar-refractivity contribution < 1.29 is 4.79 Å². The van der Waals surface area contributed by atoms with Crippen LogP contribution < -0.4 is 5.56 Å². The van der Waals surface area contributed by atoms with Crippen molar-refractivity contribution in [1.29, 1.82) is 0 Å². The smallest absolute Gasteiger partial charge is 0.275 e. The quantitative estimate of drug-likeness (QED) is 0.878. The van der Waals surface area contributed by atoms with Gasteiger partial charge >= 0.3 is 0 Å². The molecule has 3 heterocycles. The summed E-state index contributed by atoms with van der Waals surface area (Å²) in [4.78, 5) is 31.4. The third-order valence-corrected chi connectivity index (χ3v) is 4.62. The zero-order valence-corrected chi connectivity index (χ0v) is 14.4. The SMILES string of the molecule is Cc1nc2cc([C@@H]3CCCN3C(=O)C(C)(C)C)[nH]n2c(=O)c1C. The van der Waals surface area contributed by atoms with Crippen LogP contribution in [-0.4, -0.2) is 31.9 Å². The summed E-state index contributed by atoms with van der Waals surface area (Å²) in [5, 5.41) is 3.16. The van der Waals surface area contributed by atoms with Crippen molar-refractivity contribution in [1.82, 2.24) is 19.5 Å². The summed E-state index contributed by atoms with van der Waals surface area (Å²) < 4.78 is 1.48. The fourth-order valence-corrected chi connectivity index (χ4v) is 3.17. The van der Waals surface area contributed by atoms with E-state index in [2.05, 4.69) is 10.1 Å². The normalized spacial score (nSPS) is 18.8. The molecule has 0 spiro atoms. The van der Waals surface area contributed by atoms with Gasteiger partial charge in [-0.15, -0.1) is 0 Å². The second-order valence-electron chi connectivity index (χ2n) is 7.44. The highest BCUT2D eigenvalue weighted by molar-refractivity contribution is 5.82. The molecule has 1 N–H and O–H groups in total. The highest BCUT2D eigenvalue weighted by atomic mass is 16.2. The molecular weight excluding hydrogens is 292 g/mol. The molecule has 1 saturated heterocycles. The maximum absolute atomic E-state index is 12.7. The minimum atomic E-state index is -0.406. The summed E-state index contributed by atoms with van der Waals surface area (Å²) in [6.45, 7) is 10.2. The van der Waals surface area contributed by atoms with Crippen LogP contribution in [0.3, 0.4) is 0 Å². The molecule has 0 aromatic carbocycles. The van der Waals surface area contributed by atoms with E-state index < -0.39 is 5.41 Å². The monoisotopic (exact) mass is 316 g/mol. The summed E-state index contributed by atoms with van der Waals surface area (Å²) in [5.74, 6) is 0.145. The van der Waals surface area contributed by atoms with E-state index >= 15 is 0 Å². The number of carbonyl (C=O) groups excluding carboxylic acids is 1. The Hall–Kier alpha value is -2.11. The number of amides is 1. The zero-order valence-electron chi connectivity index (χ0n) is 14.4. The van der Waals surface area contributed by atoms with Crippen LogP contribution in [0, 0.1) is 19.3 Å². The Bertz CT molecular complexity index is 825. The maximum atomic E-state index is 12.7. The van der Waals surface area contributed by atoms with Crippen LogP contribution in [0.25, 0.3) is 5.65 Å². The molecule has 6 heteroatoms. The Balaban J connectivity index is 2.04. The van der Waals surface area contributed by atoms with Gasteiger partial charge in [-0.1, -0.05) is 20.8 Å². The van der Waals surface area contributed by atoms with Crippen molar-refractivity contribution in [3.63, 3.8) is 0 Å². The second-order valence-corrected chi connectivity index (χ2v) is 7.44. The molecule has 2 aromatic heterocycles. The largest absolute Gasteiger partial charge is 0.334 e. The molecule has 0 bridgehead atoms. The number of carbonyl (C=O) groups is 1. The minimum Gasteiger partial charge on any atom is -0.334 e. The first kappa shape index (κ1) is 15.8. The molecule has 3 rings (SSSR count). The van der Waals surface area contributed by atoms with E-state index in [1.165, 1.54) is 4.52 Å². The molecule has 23 heavy (non-hydrogen) atoms. The van der Waals surface area contributed by atoms with Crippen molar-refractivity contribution >= 4 is 11.6 Å². The van der Waals surface area contributed by atoms with Crippen molar-refractivity contribution in [2.24, 2.45) is 5.41 Å². The van der Waals surface area contributed by atoms with Crippen LogP contribution in [0.5, 0.6) is 0 Å². The van der Waals surface area contributed by atoms with Crippen molar-refractivity contribution in [2.45, 2.75) is 53.5 Å². The molecule has 6 nitrogen and oxygen atoms in total. The fraction of sp³-hybridized carbons (Fsp3) is 0.588. The predicted molar refractivity (Wildman–Crippen MR) is 88.4 cm³/mol. The van der Waals surface area contributed by atoms with Crippen molar-refractivity contribution in [2.75, 3.05) is 6.54 Å². The first-order valence-electron chi connectivity index (χ1n) is 8.10. The third-order valence-electron chi connectivity index (χ3n) is 4.62. The van der Waals surface area contributed by atoms with Crippen LogP contribution in [-0.2, 0) is 4.79 Å². The number of aromatic amines is 1. The summed E-state index contributed by atoms with van der Waals surface area (Å²) in [7, 11) is 0. The number of hydrogen-bond acceptors (Lipinski definition) is 3. The third kappa shape index (κ3) is 2.56. The van der Waals surface area contributed by atoms with E-state index in [-0.39, 0.29) is 17.5 Å². The number of fused-ring (bicyclic) bond motifs is 1. The highest BCUT2D eigenvalue weighted by Crippen LogP contribution is 2.34. The lowest BCUT2D eigenvalue weighted by Gasteiger charge is -2.30. The van der Waals surface area contributed by atoms with Crippen LogP contribution >= 0.6 is 0 Å². The molecule has 0 saturated carbocycles. The van der Waals surface area contributed by atoms with Crippen LogP contribution in [0.1, 0.15) is 56.6 Å². The first-order chi connectivity index (χ1) is 10.7. The van der Waals surface area contributed by atoms with E-state index in [0.29, 0.717) is 11.2 Å². The van der Waals surface area contributed by atoms with Crippen LogP contribution in [0.15, 0.2) is 10.9 Å². The Labute approximate surface area is 135 Å². The van der Waals surface area contributed by atoms with Gasteiger partial charge in [-0.3, -0.25) is 14.7 Å². The molecule has 1 atom stereocenters. The topological polar surface area (TPSA) is 70.5 Å². The van der Waals surface area contributed by atoms with E-state index in [9.17, 15) is 9.59 Å². The minimum absolute atomic E-state index is 0.0107. The number of aryl methyl sites for hydroxylation is 1. The second kappa shape index (κ2) is 5.22.